The summed E-state index contributed by atoms with van der Waals surface area (Å²) in [5.41, 5.74) is -0.293. The Morgan fingerprint density at radius 3 is 2.33 bits per heavy atom. The van der Waals surface area contributed by atoms with E-state index in [1.165, 1.54) is 39.2 Å². The lowest BCUT2D eigenvalue weighted by molar-refractivity contribution is -0.152. The number of nitrogens with zero attached hydrogens (tertiary/aromatic N) is 1. The Morgan fingerprint density at radius 2 is 1.78 bits per heavy atom. The fraction of sp³-hybridized carbons (Fsp3) is 0.929. The van der Waals surface area contributed by atoms with Crippen molar-refractivity contribution in [3.8, 4) is 0 Å². The number of rotatable bonds is 2. The molecule has 3 atom stereocenters. The number of carbonyl (C=O) groups excluding carboxylic acids is 1. The zero-order valence-corrected chi connectivity index (χ0v) is 11.2. The van der Waals surface area contributed by atoms with E-state index in [2.05, 4.69) is 4.90 Å². The van der Waals surface area contributed by atoms with Crippen molar-refractivity contribution >= 4 is 5.97 Å². The molecule has 0 amide bonds. The molecule has 0 aromatic carbocycles. The molecule has 102 valence electrons. The van der Waals surface area contributed by atoms with Crippen LogP contribution in [0, 0.1) is 11.8 Å². The SMILES string of the molecule is COC(=O)C1(N2CCOCC2)[C@@H]2CCCCC[C@@H]21. The minimum atomic E-state index is -0.293. The number of methoxy groups -OCH3 is 1. The number of hydrogen-bond donors (Lipinski definition) is 0. The van der Waals surface area contributed by atoms with Crippen LogP contribution in [0.5, 0.6) is 0 Å². The lowest BCUT2D eigenvalue weighted by Gasteiger charge is -2.35. The Bertz CT molecular complexity index is 313. The topological polar surface area (TPSA) is 38.8 Å². The van der Waals surface area contributed by atoms with Crippen molar-refractivity contribution in [2.45, 2.75) is 37.6 Å². The van der Waals surface area contributed by atoms with E-state index in [-0.39, 0.29) is 11.5 Å². The highest BCUT2D eigenvalue weighted by Crippen LogP contribution is 2.61. The second kappa shape index (κ2) is 4.82. The number of morpholine rings is 1. The van der Waals surface area contributed by atoms with Gasteiger partial charge in [0.2, 0.25) is 0 Å². The molecule has 3 rings (SSSR count). The summed E-state index contributed by atoms with van der Waals surface area (Å²) in [4.78, 5) is 14.7. The molecular formula is C14H23NO3. The predicted molar refractivity (Wildman–Crippen MR) is 67.2 cm³/mol. The van der Waals surface area contributed by atoms with E-state index in [0.29, 0.717) is 11.8 Å². The van der Waals surface area contributed by atoms with Gasteiger partial charge in [-0.3, -0.25) is 9.69 Å². The fourth-order valence-electron chi connectivity index (χ4n) is 4.27. The minimum Gasteiger partial charge on any atom is -0.468 e. The van der Waals surface area contributed by atoms with E-state index in [0.717, 1.165) is 26.3 Å². The molecule has 1 aliphatic heterocycles. The average molecular weight is 253 g/mol. The van der Waals surface area contributed by atoms with Crippen LogP contribution in [0.15, 0.2) is 0 Å². The van der Waals surface area contributed by atoms with Gasteiger partial charge in [0, 0.05) is 13.1 Å². The summed E-state index contributed by atoms with van der Waals surface area (Å²) < 4.78 is 10.6. The molecule has 0 N–H and O–H groups in total. The van der Waals surface area contributed by atoms with Gasteiger partial charge in [-0.15, -0.1) is 0 Å². The highest BCUT2D eigenvalue weighted by molar-refractivity contribution is 5.86. The summed E-state index contributed by atoms with van der Waals surface area (Å²) in [5.74, 6) is 1.07. The monoisotopic (exact) mass is 253 g/mol. The van der Waals surface area contributed by atoms with E-state index in [1.807, 2.05) is 0 Å². The van der Waals surface area contributed by atoms with Crippen molar-refractivity contribution in [1.29, 1.82) is 0 Å². The van der Waals surface area contributed by atoms with Gasteiger partial charge in [-0.05, 0) is 24.7 Å². The summed E-state index contributed by atoms with van der Waals surface area (Å²) in [7, 11) is 1.53. The molecule has 18 heavy (non-hydrogen) atoms. The van der Waals surface area contributed by atoms with Crippen LogP contribution in [-0.2, 0) is 14.3 Å². The molecule has 1 unspecified atom stereocenters. The molecule has 0 aromatic rings. The Hall–Kier alpha value is -0.610. The number of carbonyl (C=O) groups is 1. The Morgan fingerprint density at radius 1 is 1.17 bits per heavy atom. The van der Waals surface area contributed by atoms with E-state index in [9.17, 15) is 4.79 Å². The van der Waals surface area contributed by atoms with Crippen LogP contribution in [0.2, 0.25) is 0 Å². The van der Waals surface area contributed by atoms with E-state index in [1.54, 1.807) is 0 Å². The molecule has 2 saturated carbocycles. The first-order chi connectivity index (χ1) is 8.81. The smallest absolute Gasteiger partial charge is 0.326 e. The summed E-state index contributed by atoms with van der Waals surface area (Å²) in [6.07, 6.45) is 6.25. The first-order valence-corrected chi connectivity index (χ1v) is 7.23. The first-order valence-electron chi connectivity index (χ1n) is 7.23. The van der Waals surface area contributed by atoms with Crippen LogP contribution >= 0.6 is 0 Å². The average Bonchev–Trinajstić information content (AvgIpc) is 3.11. The summed E-state index contributed by atoms with van der Waals surface area (Å²) >= 11 is 0. The lowest BCUT2D eigenvalue weighted by Crippen LogP contribution is -2.52. The zero-order chi connectivity index (χ0) is 12.6. The van der Waals surface area contributed by atoms with Crippen molar-refractivity contribution in [3.63, 3.8) is 0 Å². The third-order valence-corrected chi connectivity index (χ3v) is 5.08. The Labute approximate surface area is 109 Å². The van der Waals surface area contributed by atoms with Gasteiger partial charge in [0.25, 0.3) is 0 Å². The van der Waals surface area contributed by atoms with Crippen LogP contribution in [0.25, 0.3) is 0 Å². The highest BCUT2D eigenvalue weighted by Gasteiger charge is 2.72. The maximum absolute atomic E-state index is 12.4. The number of esters is 1. The molecule has 2 aliphatic carbocycles. The molecule has 4 nitrogen and oxygen atoms in total. The third kappa shape index (κ3) is 1.69. The minimum absolute atomic E-state index is 0.00120. The van der Waals surface area contributed by atoms with Crippen molar-refractivity contribution in [2.24, 2.45) is 11.8 Å². The van der Waals surface area contributed by atoms with Gasteiger partial charge in [-0.1, -0.05) is 19.3 Å². The van der Waals surface area contributed by atoms with E-state index in [4.69, 9.17) is 9.47 Å². The molecule has 0 aromatic heterocycles. The van der Waals surface area contributed by atoms with Gasteiger partial charge in [0.15, 0.2) is 0 Å². The van der Waals surface area contributed by atoms with Gasteiger partial charge in [-0.25, -0.2) is 0 Å². The largest absolute Gasteiger partial charge is 0.468 e. The van der Waals surface area contributed by atoms with E-state index < -0.39 is 0 Å². The van der Waals surface area contributed by atoms with Crippen molar-refractivity contribution in [3.05, 3.63) is 0 Å². The molecular weight excluding hydrogens is 230 g/mol. The van der Waals surface area contributed by atoms with Crippen molar-refractivity contribution in [1.82, 2.24) is 4.90 Å². The standard InChI is InChI=1S/C14H23NO3/c1-17-13(16)14(15-7-9-18-10-8-15)11-5-3-2-4-6-12(11)14/h11-12H,2-10H2,1H3/t11-,12+,14?. The Kier molecular flexibility index (Phi) is 3.32. The van der Waals surface area contributed by atoms with E-state index >= 15 is 0 Å². The number of fused-ring (bicyclic) bond motifs is 1. The molecule has 1 saturated heterocycles. The summed E-state index contributed by atoms with van der Waals surface area (Å²) in [6.45, 7) is 3.25. The normalized spacial score (nSPS) is 40.7. The van der Waals surface area contributed by atoms with Crippen LogP contribution in [-0.4, -0.2) is 49.8 Å². The Balaban J connectivity index is 1.83. The van der Waals surface area contributed by atoms with Gasteiger partial charge >= 0.3 is 5.97 Å². The number of hydrogen-bond acceptors (Lipinski definition) is 4. The van der Waals surface area contributed by atoms with Gasteiger partial charge in [0.1, 0.15) is 5.54 Å². The van der Waals surface area contributed by atoms with Crippen LogP contribution in [0.3, 0.4) is 0 Å². The summed E-state index contributed by atoms with van der Waals surface area (Å²) in [6, 6.07) is 0. The lowest BCUT2D eigenvalue weighted by atomic mass is 10.0. The van der Waals surface area contributed by atoms with Gasteiger partial charge < -0.3 is 9.47 Å². The second-order valence-corrected chi connectivity index (χ2v) is 5.77. The predicted octanol–water partition coefficient (Wildman–Crippen LogP) is 1.44. The molecule has 3 fully saturated rings. The molecule has 0 radical (unpaired) electrons. The fourth-order valence-corrected chi connectivity index (χ4v) is 4.27. The van der Waals surface area contributed by atoms with Crippen LogP contribution in [0.1, 0.15) is 32.1 Å². The molecule has 3 aliphatic rings. The van der Waals surface area contributed by atoms with Crippen molar-refractivity contribution in [2.75, 3.05) is 33.4 Å². The molecule has 0 bridgehead atoms. The third-order valence-electron chi connectivity index (χ3n) is 5.08. The molecule has 0 spiro atoms. The maximum Gasteiger partial charge on any atom is 0.326 e. The number of ether oxygens (including phenoxy) is 2. The zero-order valence-electron chi connectivity index (χ0n) is 11.2. The highest BCUT2D eigenvalue weighted by atomic mass is 16.5. The maximum atomic E-state index is 12.4. The van der Waals surface area contributed by atoms with Gasteiger partial charge in [0.05, 0.1) is 20.3 Å². The van der Waals surface area contributed by atoms with Crippen LogP contribution < -0.4 is 0 Å². The quantitative estimate of drug-likeness (QED) is 0.698. The van der Waals surface area contributed by atoms with Crippen LogP contribution in [0.4, 0.5) is 0 Å². The molecule has 4 heteroatoms. The molecule has 1 heterocycles. The first kappa shape index (κ1) is 12.4. The summed E-state index contributed by atoms with van der Waals surface area (Å²) in [5, 5.41) is 0. The second-order valence-electron chi connectivity index (χ2n) is 5.77. The van der Waals surface area contributed by atoms with Gasteiger partial charge in [-0.2, -0.15) is 0 Å². The van der Waals surface area contributed by atoms with Crippen molar-refractivity contribution < 1.29 is 14.3 Å².